The van der Waals surface area contributed by atoms with Gasteiger partial charge in [-0.25, -0.2) is 28.8 Å². The Bertz CT molecular complexity index is 4700. The lowest BCUT2D eigenvalue weighted by Gasteiger charge is -2.51. The molecule has 3 heterocycles. The Balaban J connectivity index is 0.990. The zero-order chi connectivity index (χ0) is 80.4. The topological polar surface area (TPSA) is 250 Å². The summed E-state index contributed by atoms with van der Waals surface area (Å²) in [5, 5.41) is 0. The molecule has 10 aromatic rings. The summed E-state index contributed by atoms with van der Waals surface area (Å²) >= 11 is 0. The zero-order valence-electron chi connectivity index (χ0n) is 64.4. The number of ether oxygens (including phenoxy) is 16. The molecule has 0 amide bonds. The summed E-state index contributed by atoms with van der Waals surface area (Å²) in [7, 11) is -1.93. The van der Waals surface area contributed by atoms with E-state index in [4.69, 9.17) is 75.8 Å². The van der Waals surface area contributed by atoms with E-state index in [2.05, 4.69) is 19.6 Å². The second-order valence-corrected chi connectivity index (χ2v) is 34.8. The van der Waals surface area contributed by atoms with Crippen LogP contribution in [0.2, 0.25) is 25.7 Å². The van der Waals surface area contributed by atoms with Crippen molar-refractivity contribution in [3.05, 3.63) is 359 Å². The molecule has 0 saturated carbocycles. The molecular weight excluding hydrogens is 1500 g/mol. The van der Waals surface area contributed by atoms with Crippen LogP contribution in [0.1, 0.15) is 84.4 Å². The van der Waals surface area contributed by atoms with Crippen molar-refractivity contribution in [1.29, 1.82) is 0 Å². The Hall–Kier alpha value is -11.2. The number of hydrogen-bond acceptors (Lipinski definition) is 22. The quantitative estimate of drug-likeness (QED) is 0.0203. The van der Waals surface area contributed by atoms with Gasteiger partial charge in [-0.05, 0) is 101 Å². The number of carbonyl (C=O) groups excluding carboxylic acids is 6. The normalized spacial score (nSPS) is 23.2. The van der Waals surface area contributed by atoms with E-state index in [1.54, 1.807) is 133 Å². The zero-order valence-corrected chi connectivity index (χ0v) is 65.4. The number of esters is 6. The molecule has 22 nitrogen and oxygen atoms in total. The highest BCUT2D eigenvalue weighted by molar-refractivity contribution is 6.76. The molecule has 0 aliphatic carbocycles. The maximum atomic E-state index is 15.6. The average Bonchev–Trinajstić information content (AvgIpc) is 0.752. The van der Waals surface area contributed by atoms with Gasteiger partial charge in [0.1, 0.15) is 62.0 Å². The van der Waals surface area contributed by atoms with Crippen LogP contribution in [0.15, 0.2) is 303 Å². The maximum Gasteiger partial charge on any atom is 0.338 e. The van der Waals surface area contributed by atoms with E-state index < -0.39 is 149 Å². The molecule has 0 spiro atoms. The van der Waals surface area contributed by atoms with Gasteiger partial charge in [-0.1, -0.05) is 250 Å². The summed E-state index contributed by atoms with van der Waals surface area (Å²) in [6, 6.07) is 86.9. The number of hydrogen-bond donors (Lipinski definition) is 0. The van der Waals surface area contributed by atoms with Crippen molar-refractivity contribution < 1.29 is 105 Å². The first-order valence-corrected chi connectivity index (χ1v) is 42.3. The van der Waals surface area contributed by atoms with Crippen LogP contribution in [0.3, 0.4) is 0 Å². The summed E-state index contributed by atoms with van der Waals surface area (Å²) in [5.41, 5.74) is 3.68. The van der Waals surface area contributed by atoms with Crippen molar-refractivity contribution in [2.75, 3.05) is 26.4 Å². The van der Waals surface area contributed by atoms with Gasteiger partial charge in [0, 0.05) is 14.7 Å². The van der Waals surface area contributed by atoms with E-state index in [1.165, 1.54) is 48.5 Å². The van der Waals surface area contributed by atoms with Gasteiger partial charge in [0.05, 0.1) is 66.4 Å². The predicted octanol–water partition coefficient (Wildman–Crippen LogP) is 14.9. The second-order valence-electron chi connectivity index (χ2n) is 29.2. The van der Waals surface area contributed by atoms with Gasteiger partial charge in [-0.2, -0.15) is 0 Å². The Morgan fingerprint density at radius 2 is 0.534 bits per heavy atom. The van der Waals surface area contributed by atoms with Crippen molar-refractivity contribution in [2.45, 2.75) is 144 Å². The Morgan fingerprint density at radius 3 is 0.879 bits per heavy atom. The van der Waals surface area contributed by atoms with Crippen LogP contribution in [-0.2, 0) is 102 Å². The highest BCUT2D eigenvalue weighted by atomic mass is 28.3. The Labute approximate surface area is 674 Å². The first-order chi connectivity index (χ1) is 56.6. The summed E-state index contributed by atoms with van der Waals surface area (Å²) in [5.74, 6) is -5.47. The van der Waals surface area contributed by atoms with Gasteiger partial charge in [0.15, 0.2) is 43.3 Å². The average molecular weight is 1590 g/mol. The fourth-order valence-corrected chi connectivity index (χ4v) is 14.2. The van der Waals surface area contributed by atoms with E-state index in [9.17, 15) is 14.4 Å². The Morgan fingerprint density at radius 1 is 0.267 bits per heavy atom. The molecular formula is C93H92O22Si. The number of benzene rings is 10. The van der Waals surface area contributed by atoms with Crippen LogP contribution >= 0.6 is 0 Å². The fourth-order valence-electron chi connectivity index (χ4n) is 13.5. The molecule has 3 fully saturated rings. The molecule has 15 atom stereocenters. The standard InChI is InChI=1S/C93H92O22Si/c1-116(2,3)55-54-101-91-83(112-89(98)71-50-30-12-31-51-71)80(110-87(96)69-46-26-10-27-47-69)77(74(107-91)61-105-85(94)67-42-22-8-23-43-67)115-93-84(113-90(99)72-52-32-13-33-53-72)81(111-88(97)70-48-28-11-29-49-70)78(75(109-93)62-106-86(95)68-44-24-9-25-45-68)114-92-82(104-59-66-40-20-7-21-41-66)79(103-58-65-38-18-6-19-39-65)76(102-57-64-36-16-5-17-37-64)73(108-92)60-100-56-63-34-14-4-15-35-63/h4-53,73-84,91-93H,54-62H2,1-3H3/t73-,74-,75-,76+,77-,78+,79+,80+,81+,82-,83-,84-,91-,92-,93+/m1/s1. The minimum absolute atomic E-state index is 0.00613. The molecule has 3 aliphatic heterocycles. The third-order valence-corrected chi connectivity index (χ3v) is 21.2. The van der Waals surface area contributed by atoms with Crippen LogP contribution < -0.4 is 0 Å². The molecule has 23 heteroatoms. The molecule has 0 bridgehead atoms. The lowest BCUT2D eigenvalue weighted by Crippen LogP contribution is -2.68. The van der Waals surface area contributed by atoms with Crippen LogP contribution in [-0.4, -0.2) is 162 Å². The highest BCUT2D eigenvalue weighted by Gasteiger charge is 2.60. The van der Waals surface area contributed by atoms with E-state index in [0.29, 0.717) is 6.04 Å². The summed E-state index contributed by atoms with van der Waals surface area (Å²) in [6.45, 7) is 5.05. The minimum atomic E-state index is -2.11. The molecule has 3 saturated heterocycles. The van der Waals surface area contributed by atoms with Crippen molar-refractivity contribution in [3.63, 3.8) is 0 Å². The molecule has 3 aliphatic rings. The van der Waals surface area contributed by atoms with Crippen LogP contribution in [0.5, 0.6) is 0 Å². The second kappa shape index (κ2) is 41.4. The fraction of sp³-hybridized carbons (Fsp3) is 0.290. The van der Waals surface area contributed by atoms with Crippen LogP contribution in [0, 0.1) is 0 Å². The van der Waals surface area contributed by atoms with E-state index in [1.807, 2.05) is 121 Å². The molecule has 13 rings (SSSR count). The van der Waals surface area contributed by atoms with Gasteiger partial charge in [-0.15, -0.1) is 0 Å². The summed E-state index contributed by atoms with van der Waals surface area (Å²) in [6.07, 6.45) is -24.5. The van der Waals surface area contributed by atoms with Crippen molar-refractivity contribution in [1.82, 2.24) is 0 Å². The van der Waals surface area contributed by atoms with Gasteiger partial charge in [0.25, 0.3) is 0 Å². The van der Waals surface area contributed by atoms with E-state index >= 15 is 14.4 Å². The smallest absolute Gasteiger partial charge is 0.338 e. The van der Waals surface area contributed by atoms with E-state index in [-0.39, 0.29) is 73.0 Å². The van der Waals surface area contributed by atoms with Crippen LogP contribution in [0.4, 0.5) is 0 Å². The number of carbonyl (C=O) groups is 6. The largest absolute Gasteiger partial charge is 0.459 e. The molecule has 116 heavy (non-hydrogen) atoms. The summed E-state index contributed by atoms with van der Waals surface area (Å²) < 4.78 is 111. The minimum Gasteiger partial charge on any atom is -0.459 e. The van der Waals surface area contributed by atoms with Crippen molar-refractivity contribution in [3.8, 4) is 0 Å². The lowest BCUT2D eigenvalue weighted by atomic mass is 9.94. The predicted molar refractivity (Wildman–Crippen MR) is 427 cm³/mol. The molecule has 0 radical (unpaired) electrons. The maximum absolute atomic E-state index is 15.6. The monoisotopic (exact) mass is 1590 g/mol. The highest BCUT2D eigenvalue weighted by Crippen LogP contribution is 2.40. The lowest BCUT2D eigenvalue weighted by molar-refractivity contribution is -0.382. The summed E-state index contributed by atoms with van der Waals surface area (Å²) in [4.78, 5) is 90.3. The van der Waals surface area contributed by atoms with E-state index in [0.717, 1.165) is 22.3 Å². The first-order valence-electron chi connectivity index (χ1n) is 38.6. The van der Waals surface area contributed by atoms with Gasteiger partial charge >= 0.3 is 35.8 Å². The SMILES string of the molecule is C[Si](C)(C)CCO[C@@H]1O[C@H](COC(=O)c2ccccc2)[C@@H](O[C@@H]2O[C@H](COC(=O)c3ccccc3)[C@H](O[C@H]3O[C@H](COCc4ccccc4)[C@H](OCc4ccccc4)[C@H](OCc4ccccc4)[C@H]3OCc3ccccc3)[C@H](OC(=O)c3ccccc3)[C@H]2OC(=O)c2ccccc2)[C@H](OC(=O)c2ccccc2)[C@H]1OC(=O)c1ccccc1. The van der Waals surface area contributed by atoms with Gasteiger partial charge in [0.2, 0.25) is 0 Å². The first kappa shape index (κ1) is 82.8. The van der Waals surface area contributed by atoms with Gasteiger partial charge < -0.3 is 75.8 Å². The van der Waals surface area contributed by atoms with Crippen molar-refractivity contribution in [2.24, 2.45) is 0 Å². The van der Waals surface area contributed by atoms with Gasteiger partial charge in [-0.3, -0.25) is 0 Å². The third-order valence-electron chi connectivity index (χ3n) is 19.5. The molecule has 10 aromatic carbocycles. The molecule has 0 unspecified atom stereocenters. The van der Waals surface area contributed by atoms with Crippen molar-refractivity contribution >= 4 is 43.9 Å². The van der Waals surface area contributed by atoms with Crippen LogP contribution in [0.25, 0.3) is 0 Å². The number of rotatable bonds is 35. The molecule has 0 N–H and O–H groups in total. The third kappa shape index (κ3) is 23.1. The molecule has 600 valence electrons. The Kier molecular flexibility index (Phi) is 29.6. The molecule has 0 aromatic heterocycles.